The number of aldehydes is 1. The van der Waals surface area contributed by atoms with Gasteiger partial charge < -0.3 is 16.0 Å². The third-order valence-corrected chi connectivity index (χ3v) is 2.68. The first-order valence-corrected chi connectivity index (χ1v) is 5.72. The van der Waals surface area contributed by atoms with Crippen molar-refractivity contribution in [3.05, 3.63) is 36.2 Å². The molecule has 1 aromatic heterocycles. The second kappa shape index (κ2) is 5.34. The predicted octanol–water partition coefficient (Wildman–Crippen LogP) is 1.68. The molecular weight excluding hydrogens is 242 g/mol. The third-order valence-electron chi connectivity index (χ3n) is 2.68. The number of rotatable bonds is 4. The van der Waals surface area contributed by atoms with E-state index in [9.17, 15) is 4.79 Å². The number of hydrogen-bond acceptors (Lipinski definition) is 6. The highest BCUT2D eigenvalue weighted by Crippen LogP contribution is 2.22. The van der Waals surface area contributed by atoms with Crippen molar-refractivity contribution in [3.63, 3.8) is 0 Å². The summed E-state index contributed by atoms with van der Waals surface area (Å²) in [4.78, 5) is 20.8. The van der Waals surface area contributed by atoms with Gasteiger partial charge in [0.1, 0.15) is 18.0 Å². The highest BCUT2D eigenvalue weighted by molar-refractivity contribution is 5.89. The smallest absolute Gasteiger partial charge is 0.157 e. The van der Waals surface area contributed by atoms with Crippen molar-refractivity contribution in [2.75, 3.05) is 30.0 Å². The van der Waals surface area contributed by atoms with Crippen LogP contribution < -0.4 is 16.0 Å². The summed E-state index contributed by atoms with van der Waals surface area (Å²) >= 11 is 0. The normalized spacial score (nSPS) is 10.0. The van der Waals surface area contributed by atoms with E-state index in [0.717, 1.165) is 11.4 Å². The molecule has 0 saturated carbocycles. The largest absolute Gasteiger partial charge is 0.383 e. The van der Waals surface area contributed by atoms with E-state index in [0.29, 0.717) is 12.1 Å². The summed E-state index contributed by atoms with van der Waals surface area (Å²) in [5.74, 6) is 0.567. The van der Waals surface area contributed by atoms with Crippen LogP contribution in [0.4, 0.5) is 23.0 Å². The molecule has 3 N–H and O–H groups in total. The zero-order valence-corrected chi connectivity index (χ0v) is 10.8. The Labute approximate surface area is 111 Å². The zero-order chi connectivity index (χ0) is 13.8. The van der Waals surface area contributed by atoms with Crippen LogP contribution >= 0.6 is 0 Å². The quantitative estimate of drug-likeness (QED) is 0.811. The van der Waals surface area contributed by atoms with Gasteiger partial charge in [-0.25, -0.2) is 9.97 Å². The minimum atomic E-state index is 0.164. The fourth-order valence-electron chi connectivity index (χ4n) is 1.60. The Morgan fingerprint density at radius 1 is 1.21 bits per heavy atom. The van der Waals surface area contributed by atoms with Gasteiger partial charge in [0.25, 0.3) is 0 Å². The van der Waals surface area contributed by atoms with Crippen molar-refractivity contribution >= 4 is 29.3 Å². The molecule has 0 atom stereocenters. The molecule has 2 rings (SSSR count). The summed E-state index contributed by atoms with van der Waals surface area (Å²) in [6, 6.07) is 7.74. The van der Waals surface area contributed by atoms with Gasteiger partial charge in [-0.2, -0.15) is 0 Å². The van der Waals surface area contributed by atoms with Crippen LogP contribution in [0.15, 0.2) is 30.6 Å². The number of carbonyl (C=O) groups is 1. The van der Waals surface area contributed by atoms with E-state index in [-0.39, 0.29) is 11.4 Å². The Hall–Kier alpha value is -2.63. The van der Waals surface area contributed by atoms with E-state index >= 15 is 0 Å². The number of nitrogens with two attached hydrogens (primary N) is 1. The second-order valence-electron chi connectivity index (χ2n) is 4.21. The maximum absolute atomic E-state index is 11.0. The molecule has 1 aromatic carbocycles. The molecule has 0 aliphatic heterocycles. The molecule has 0 aliphatic carbocycles. The van der Waals surface area contributed by atoms with E-state index < -0.39 is 0 Å². The van der Waals surface area contributed by atoms with Crippen LogP contribution in [-0.2, 0) is 0 Å². The molecule has 0 bridgehead atoms. The SMILES string of the molecule is CN(C)c1ccc(Nc2ncnc(N)c2C=O)cc1. The monoisotopic (exact) mass is 257 g/mol. The molecule has 98 valence electrons. The number of nitrogens with one attached hydrogen (secondary N) is 1. The van der Waals surface area contributed by atoms with Gasteiger partial charge in [0.2, 0.25) is 0 Å². The van der Waals surface area contributed by atoms with Crippen molar-refractivity contribution < 1.29 is 4.79 Å². The van der Waals surface area contributed by atoms with Crippen LogP contribution in [0.25, 0.3) is 0 Å². The van der Waals surface area contributed by atoms with E-state index in [1.165, 1.54) is 6.33 Å². The molecule has 6 nitrogen and oxygen atoms in total. The molecule has 2 aromatic rings. The summed E-state index contributed by atoms with van der Waals surface area (Å²) in [6.07, 6.45) is 1.96. The number of carbonyl (C=O) groups excluding carboxylic acids is 1. The summed E-state index contributed by atoms with van der Waals surface area (Å²) in [5.41, 5.74) is 7.80. The summed E-state index contributed by atoms with van der Waals surface area (Å²) in [7, 11) is 3.94. The van der Waals surface area contributed by atoms with Crippen molar-refractivity contribution in [3.8, 4) is 0 Å². The van der Waals surface area contributed by atoms with E-state index in [4.69, 9.17) is 5.73 Å². The van der Waals surface area contributed by atoms with Gasteiger partial charge in [-0.1, -0.05) is 0 Å². The first kappa shape index (κ1) is 12.8. The minimum absolute atomic E-state index is 0.164. The Morgan fingerprint density at radius 2 is 1.89 bits per heavy atom. The van der Waals surface area contributed by atoms with Gasteiger partial charge in [0, 0.05) is 25.5 Å². The number of hydrogen-bond donors (Lipinski definition) is 2. The highest BCUT2D eigenvalue weighted by Gasteiger charge is 2.08. The molecule has 0 radical (unpaired) electrons. The van der Waals surface area contributed by atoms with Gasteiger partial charge in [-0.15, -0.1) is 0 Å². The molecule has 0 aliphatic rings. The zero-order valence-electron chi connectivity index (χ0n) is 10.8. The van der Waals surface area contributed by atoms with Crippen LogP contribution in [0.1, 0.15) is 10.4 Å². The van der Waals surface area contributed by atoms with Crippen LogP contribution in [-0.4, -0.2) is 30.3 Å². The van der Waals surface area contributed by atoms with Crippen molar-refractivity contribution in [2.24, 2.45) is 0 Å². The Bertz CT molecular complexity index is 580. The van der Waals surface area contributed by atoms with Gasteiger partial charge >= 0.3 is 0 Å². The van der Waals surface area contributed by atoms with Crippen molar-refractivity contribution in [1.29, 1.82) is 0 Å². The van der Waals surface area contributed by atoms with Crippen LogP contribution in [0, 0.1) is 0 Å². The molecule has 0 saturated heterocycles. The Kier molecular flexibility index (Phi) is 3.61. The first-order valence-electron chi connectivity index (χ1n) is 5.72. The third kappa shape index (κ3) is 2.79. The number of aromatic nitrogens is 2. The van der Waals surface area contributed by atoms with E-state index in [2.05, 4.69) is 15.3 Å². The summed E-state index contributed by atoms with van der Waals surface area (Å²) < 4.78 is 0. The van der Waals surface area contributed by atoms with Gasteiger partial charge in [0.15, 0.2) is 6.29 Å². The van der Waals surface area contributed by atoms with Crippen LogP contribution in [0.3, 0.4) is 0 Å². The second-order valence-corrected chi connectivity index (χ2v) is 4.21. The number of anilines is 4. The fraction of sp³-hybridized carbons (Fsp3) is 0.154. The maximum Gasteiger partial charge on any atom is 0.157 e. The van der Waals surface area contributed by atoms with E-state index in [1.807, 2.05) is 43.3 Å². The number of nitrogen functional groups attached to an aromatic ring is 1. The Balaban J connectivity index is 2.26. The molecule has 0 amide bonds. The average Bonchev–Trinajstić information content (AvgIpc) is 2.39. The van der Waals surface area contributed by atoms with Crippen LogP contribution in [0.2, 0.25) is 0 Å². The van der Waals surface area contributed by atoms with Gasteiger partial charge in [0.05, 0.1) is 5.56 Å². The fourth-order valence-corrected chi connectivity index (χ4v) is 1.60. The summed E-state index contributed by atoms with van der Waals surface area (Å²) in [5, 5.41) is 3.05. The highest BCUT2D eigenvalue weighted by atomic mass is 16.1. The molecule has 19 heavy (non-hydrogen) atoms. The minimum Gasteiger partial charge on any atom is -0.383 e. The Morgan fingerprint density at radius 3 is 2.47 bits per heavy atom. The van der Waals surface area contributed by atoms with Gasteiger partial charge in [-0.05, 0) is 24.3 Å². The lowest BCUT2D eigenvalue weighted by Gasteiger charge is -2.13. The van der Waals surface area contributed by atoms with Gasteiger partial charge in [-0.3, -0.25) is 4.79 Å². The van der Waals surface area contributed by atoms with Crippen molar-refractivity contribution in [1.82, 2.24) is 9.97 Å². The first-order chi connectivity index (χ1) is 9.11. The summed E-state index contributed by atoms with van der Waals surface area (Å²) in [6.45, 7) is 0. The number of nitrogens with zero attached hydrogens (tertiary/aromatic N) is 3. The molecule has 0 fully saturated rings. The molecule has 1 heterocycles. The lowest BCUT2D eigenvalue weighted by molar-refractivity contribution is 0.112. The van der Waals surface area contributed by atoms with Crippen molar-refractivity contribution in [2.45, 2.75) is 0 Å². The molecule has 0 spiro atoms. The predicted molar refractivity (Wildman–Crippen MR) is 75.9 cm³/mol. The lowest BCUT2D eigenvalue weighted by atomic mass is 10.2. The topological polar surface area (TPSA) is 84.1 Å². The lowest BCUT2D eigenvalue weighted by Crippen LogP contribution is -2.08. The molecule has 6 heteroatoms. The van der Waals surface area contributed by atoms with E-state index in [1.54, 1.807) is 0 Å². The number of benzene rings is 1. The maximum atomic E-state index is 11.0. The average molecular weight is 257 g/mol. The molecular formula is C13H15N5O. The van der Waals surface area contributed by atoms with Crippen LogP contribution in [0.5, 0.6) is 0 Å². The molecule has 0 unspecified atom stereocenters. The standard InChI is InChI=1S/C13H15N5O/c1-18(2)10-5-3-9(4-6-10)17-13-11(7-19)12(14)15-8-16-13/h3-8H,1-2H3,(H3,14,15,16,17).